The third-order valence-corrected chi connectivity index (χ3v) is 4.06. The molecule has 3 rings (SSSR count). The summed E-state index contributed by atoms with van der Waals surface area (Å²) in [7, 11) is 1.64. The maximum Gasteiger partial charge on any atom is 0.146 e. The topological polar surface area (TPSA) is 26.5 Å². The Morgan fingerprint density at radius 1 is 1.39 bits per heavy atom. The van der Waals surface area contributed by atoms with Crippen LogP contribution in [-0.2, 0) is 0 Å². The first-order valence-corrected chi connectivity index (χ1v) is 6.77. The van der Waals surface area contributed by atoms with Crippen LogP contribution in [0, 0.1) is 6.92 Å². The first-order valence-electron chi connectivity index (χ1n) is 5.44. The summed E-state index contributed by atoms with van der Waals surface area (Å²) in [5, 5.41) is 9.09. The molecule has 0 bridgehead atoms. The molecule has 0 unspecified atom stereocenters. The molecule has 5 heteroatoms. The summed E-state index contributed by atoms with van der Waals surface area (Å²) in [6, 6.07) is 2.00. The number of nitrogens with zero attached hydrogens (tertiary/aromatic N) is 2. The number of hydrogen-bond acceptors (Lipinski definition) is 3. The van der Waals surface area contributed by atoms with Gasteiger partial charge in [0, 0.05) is 11.8 Å². The van der Waals surface area contributed by atoms with Gasteiger partial charge in [0.05, 0.1) is 18.3 Å². The van der Waals surface area contributed by atoms with Crippen LogP contribution in [0.5, 0.6) is 5.75 Å². The molecule has 0 aromatic carbocycles. The lowest BCUT2D eigenvalue weighted by atomic mass is 10.1. The number of fused-ring (bicyclic) bond motifs is 1. The number of hydrogen-bond donors (Lipinski definition) is 0. The highest BCUT2D eigenvalue weighted by molar-refractivity contribution is 7.08. The van der Waals surface area contributed by atoms with Crippen molar-refractivity contribution in [1.82, 2.24) is 9.61 Å². The SMILES string of the molecule is COc1cc(-c2cscc2C)cn2ncc(Cl)c12. The Kier molecular flexibility index (Phi) is 2.76. The van der Waals surface area contributed by atoms with Crippen LogP contribution < -0.4 is 4.74 Å². The van der Waals surface area contributed by atoms with E-state index in [0.29, 0.717) is 5.02 Å². The van der Waals surface area contributed by atoms with E-state index >= 15 is 0 Å². The number of pyridine rings is 1. The first-order chi connectivity index (χ1) is 8.70. The van der Waals surface area contributed by atoms with Crippen molar-refractivity contribution in [3.05, 3.63) is 39.8 Å². The van der Waals surface area contributed by atoms with Gasteiger partial charge in [-0.15, -0.1) is 0 Å². The van der Waals surface area contributed by atoms with Crippen molar-refractivity contribution in [2.75, 3.05) is 7.11 Å². The molecular formula is C13H11ClN2OS. The van der Waals surface area contributed by atoms with E-state index in [-0.39, 0.29) is 0 Å². The highest BCUT2D eigenvalue weighted by Gasteiger charge is 2.12. The average Bonchev–Trinajstić information content (AvgIpc) is 2.95. The number of aryl methyl sites for hydroxylation is 1. The summed E-state index contributed by atoms with van der Waals surface area (Å²) in [4.78, 5) is 0. The maximum atomic E-state index is 6.10. The molecule has 18 heavy (non-hydrogen) atoms. The van der Waals surface area contributed by atoms with Gasteiger partial charge in [-0.2, -0.15) is 16.4 Å². The predicted octanol–water partition coefficient (Wildman–Crippen LogP) is 4.03. The zero-order chi connectivity index (χ0) is 12.7. The van der Waals surface area contributed by atoms with Crippen molar-refractivity contribution in [3.8, 4) is 16.9 Å². The predicted molar refractivity (Wildman–Crippen MR) is 74.8 cm³/mol. The van der Waals surface area contributed by atoms with Crippen molar-refractivity contribution >= 4 is 28.5 Å². The van der Waals surface area contributed by atoms with Gasteiger partial charge in [-0.25, -0.2) is 4.52 Å². The Hall–Kier alpha value is -1.52. The smallest absolute Gasteiger partial charge is 0.146 e. The summed E-state index contributed by atoms with van der Waals surface area (Å²) in [5.74, 6) is 0.737. The number of rotatable bonds is 2. The van der Waals surface area contributed by atoms with E-state index in [9.17, 15) is 0 Å². The van der Waals surface area contributed by atoms with Gasteiger partial charge in [-0.1, -0.05) is 11.6 Å². The second-order valence-electron chi connectivity index (χ2n) is 4.05. The largest absolute Gasteiger partial charge is 0.494 e. The molecule has 0 spiro atoms. The minimum Gasteiger partial charge on any atom is -0.494 e. The molecule has 0 atom stereocenters. The highest BCUT2D eigenvalue weighted by atomic mass is 35.5. The fourth-order valence-corrected chi connectivity index (χ4v) is 3.09. The Labute approximate surface area is 114 Å². The molecule has 3 aromatic heterocycles. The van der Waals surface area contributed by atoms with Gasteiger partial charge in [-0.3, -0.25) is 0 Å². The molecule has 0 radical (unpaired) electrons. The van der Waals surface area contributed by atoms with Crippen LogP contribution in [-0.4, -0.2) is 16.7 Å². The van der Waals surface area contributed by atoms with E-state index < -0.39 is 0 Å². The normalized spacial score (nSPS) is 11.1. The summed E-state index contributed by atoms with van der Waals surface area (Å²) < 4.78 is 7.16. The van der Waals surface area contributed by atoms with Crippen molar-refractivity contribution < 1.29 is 4.74 Å². The average molecular weight is 279 g/mol. The standard InChI is InChI=1S/C13H11ClN2OS/c1-8-6-18-7-10(8)9-3-12(17-2)13-11(14)4-15-16(13)5-9/h3-7H,1-2H3. The molecule has 0 aliphatic carbocycles. The summed E-state index contributed by atoms with van der Waals surface area (Å²) >= 11 is 7.79. The second kappa shape index (κ2) is 4.30. The third kappa shape index (κ3) is 1.69. The molecule has 3 heterocycles. The zero-order valence-corrected chi connectivity index (χ0v) is 11.5. The number of aromatic nitrogens is 2. The molecule has 0 fully saturated rings. The van der Waals surface area contributed by atoms with Crippen LogP contribution >= 0.6 is 22.9 Å². The van der Waals surface area contributed by atoms with Gasteiger partial charge in [0.1, 0.15) is 11.3 Å². The molecule has 0 amide bonds. The third-order valence-electron chi connectivity index (χ3n) is 2.92. The molecular weight excluding hydrogens is 268 g/mol. The summed E-state index contributed by atoms with van der Waals surface area (Å²) in [5.41, 5.74) is 4.33. The minimum absolute atomic E-state index is 0.598. The van der Waals surface area contributed by atoms with Gasteiger partial charge >= 0.3 is 0 Å². The van der Waals surface area contributed by atoms with Crippen molar-refractivity contribution in [1.29, 1.82) is 0 Å². The van der Waals surface area contributed by atoms with Crippen LogP contribution in [0.3, 0.4) is 0 Å². The van der Waals surface area contributed by atoms with Gasteiger partial charge in [-0.05, 0) is 34.9 Å². The van der Waals surface area contributed by atoms with Crippen LogP contribution in [0.2, 0.25) is 5.02 Å². The molecule has 92 valence electrons. The van der Waals surface area contributed by atoms with Crippen LogP contribution in [0.4, 0.5) is 0 Å². The van der Waals surface area contributed by atoms with E-state index in [1.54, 1.807) is 29.2 Å². The quantitative estimate of drug-likeness (QED) is 0.707. The maximum absolute atomic E-state index is 6.10. The van der Waals surface area contributed by atoms with Gasteiger partial charge in [0.25, 0.3) is 0 Å². The van der Waals surface area contributed by atoms with E-state index in [0.717, 1.165) is 16.8 Å². The molecule has 3 aromatic rings. The monoisotopic (exact) mass is 278 g/mol. The Balaban J connectivity index is 2.30. The number of halogens is 1. The first kappa shape index (κ1) is 11.6. The van der Waals surface area contributed by atoms with E-state index in [4.69, 9.17) is 16.3 Å². The lowest BCUT2D eigenvalue weighted by Gasteiger charge is -2.07. The Morgan fingerprint density at radius 3 is 2.89 bits per heavy atom. The van der Waals surface area contributed by atoms with Crippen molar-refractivity contribution in [2.24, 2.45) is 0 Å². The lowest BCUT2D eigenvalue weighted by Crippen LogP contribution is -1.93. The fraction of sp³-hybridized carbons (Fsp3) is 0.154. The van der Waals surface area contributed by atoms with Crippen molar-refractivity contribution in [2.45, 2.75) is 6.92 Å². The van der Waals surface area contributed by atoms with Gasteiger partial charge < -0.3 is 4.74 Å². The molecule has 0 saturated heterocycles. The van der Waals surface area contributed by atoms with Crippen LogP contribution in [0.1, 0.15) is 5.56 Å². The number of thiophene rings is 1. The number of ether oxygens (including phenoxy) is 1. The minimum atomic E-state index is 0.598. The Bertz CT molecular complexity index is 717. The van der Waals surface area contributed by atoms with Gasteiger partial charge in [0.15, 0.2) is 0 Å². The summed E-state index contributed by atoms with van der Waals surface area (Å²) in [6.45, 7) is 2.10. The Morgan fingerprint density at radius 2 is 2.22 bits per heavy atom. The molecule has 0 saturated carbocycles. The van der Waals surface area contributed by atoms with E-state index in [1.165, 1.54) is 11.1 Å². The summed E-state index contributed by atoms with van der Waals surface area (Å²) in [6.07, 6.45) is 3.60. The van der Waals surface area contributed by atoms with Gasteiger partial charge in [0.2, 0.25) is 0 Å². The molecule has 0 N–H and O–H groups in total. The molecule has 0 aliphatic heterocycles. The van der Waals surface area contributed by atoms with Crippen molar-refractivity contribution in [3.63, 3.8) is 0 Å². The van der Waals surface area contributed by atoms with E-state index in [1.807, 2.05) is 12.3 Å². The lowest BCUT2D eigenvalue weighted by molar-refractivity contribution is 0.417. The number of methoxy groups -OCH3 is 1. The highest BCUT2D eigenvalue weighted by Crippen LogP contribution is 2.34. The molecule has 3 nitrogen and oxygen atoms in total. The van der Waals surface area contributed by atoms with E-state index in [2.05, 4.69) is 22.8 Å². The van der Waals surface area contributed by atoms with Crippen LogP contribution in [0.15, 0.2) is 29.2 Å². The zero-order valence-electron chi connectivity index (χ0n) is 9.98. The fourth-order valence-electron chi connectivity index (χ4n) is 2.01. The second-order valence-corrected chi connectivity index (χ2v) is 5.20. The van der Waals surface area contributed by atoms with Crippen LogP contribution in [0.25, 0.3) is 16.6 Å². The molecule has 0 aliphatic rings.